The van der Waals surface area contributed by atoms with E-state index in [0.29, 0.717) is 18.8 Å². The minimum absolute atomic E-state index is 0. The summed E-state index contributed by atoms with van der Waals surface area (Å²) in [6, 6.07) is 16.7. The lowest BCUT2D eigenvalue weighted by Crippen LogP contribution is -2.04. The molecule has 0 aliphatic carbocycles. The van der Waals surface area contributed by atoms with Crippen molar-refractivity contribution < 1.29 is 9.53 Å². The molecule has 25 heavy (non-hydrogen) atoms. The van der Waals surface area contributed by atoms with E-state index < -0.39 is 0 Å². The van der Waals surface area contributed by atoms with Crippen LogP contribution in [0.5, 0.6) is 0 Å². The van der Waals surface area contributed by atoms with Crippen LogP contribution < -0.4 is 0 Å². The van der Waals surface area contributed by atoms with Gasteiger partial charge in [0.1, 0.15) is 0 Å². The number of aromatic amines is 1. The number of hydrogen-bond acceptors (Lipinski definition) is 4. The number of nitrogens with zero attached hydrogens (tertiary/aromatic N) is 1. The Morgan fingerprint density at radius 3 is 2.72 bits per heavy atom. The van der Waals surface area contributed by atoms with Gasteiger partial charge in [0.25, 0.3) is 0 Å². The molecule has 1 N–H and O–H groups in total. The Labute approximate surface area is 157 Å². The molecule has 0 aliphatic heterocycles. The fourth-order valence-electron chi connectivity index (χ4n) is 2.51. The Kier molecular flexibility index (Phi) is 7.34. The number of esters is 1. The average Bonchev–Trinajstić information content (AvgIpc) is 2.98. The van der Waals surface area contributed by atoms with Crippen molar-refractivity contribution >= 4 is 41.2 Å². The zero-order valence-corrected chi connectivity index (χ0v) is 15.7. The van der Waals surface area contributed by atoms with E-state index in [1.54, 1.807) is 11.8 Å². The zero-order chi connectivity index (χ0) is 16.8. The third-order valence-corrected chi connectivity index (χ3v) is 4.50. The molecule has 6 heteroatoms. The standard InChI is InChI=1S/C19H20N2O2S.ClH/c1-2-23-18(22)10-11-24-19-20-16-9-8-15(13-17(16)21-19)12-14-6-4-3-5-7-14;/h3-9,13H,2,10-12H2,1H3,(H,20,21);1H. The number of rotatable bonds is 7. The van der Waals surface area contributed by atoms with Gasteiger partial charge < -0.3 is 9.72 Å². The summed E-state index contributed by atoms with van der Waals surface area (Å²) < 4.78 is 4.93. The highest BCUT2D eigenvalue weighted by atomic mass is 35.5. The first-order valence-corrected chi connectivity index (χ1v) is 9.04. The topological polar surface area (TPSA) is 55.0 Å². The lowest BCUT2D eigenvalue weighted by atomic mass is 10.0. The summed E-state index contributed by atoms with van der Waals surface area (Å²) in [4.78, 5) is 19.2. The van der Waals surface area contributed by atoms with E-state index in [-0.39, 0.29) is 18.4 Å². The molecule has 1 aromatic heterocycles. The van der Waals surface area contributed by atoms with E-state index in [2.05, 4.69) is 46.4 Å². The van der Waals surface area contributed by atoms with Crippen molar-refractivity contribution in [1.29, 1.82) is 0 Å². The summed E-state index contributed by atoms with van der Waals surface area (Å²) in [5.41, 5.74) is 4.52. The van der Waals surface area contributed by atoms with Crippen molar-refractivity contribution in [3.8, 4) is 0 Å². The normalized spacial score (nSPS) is 10.4. The zero-order valence-electron chi connectivity index (χ0n) is 14.0. The van der Waals surface area contributed by atoms with Gasteiger partial charge in [-0.25, -0.2) is 4.98 Å². The molecule has 1 heterocycles. The maximum Gasteiger partial charge on any atom is 0.306 e. The fourth-order valence-corrected chi connectivity index (χ4v) is 3.31. The average molecular weight is 377 g/mol. The number of benzene rings is 2. The molecular weight excluding hydrogens is 356 g/mol. The monoisotopic (exact) mass is 376 g/mol. The SMILES string of the molecule is CCOC(=O)CCSc1nc2ccc(Cc3ccccc3)cc2[nH]1.Cl. The molecule has 0 bridgehead atoms. The molecule has 0 fully saturated rings. The molecular formula is C19H21ClN2O2S. The van der Waals surface area contributed by atoms with Gasteiger partial charge in [0.2, 0.25) is 0 Å². The molecule has 0 amide bonds. The van der Waals surface area contributed by atoms with Gasteiger partial charge in [-0.2, -0.15) is 0 Å². The van der Waals surface area contributed by atoms with Crippen LogP contribution in [-0.4, -0.2) is 28.3 Å². The molecule has 0 saturated carbocycles. The van der Waals surface area contributed by atoms with Gasteiger partial charge in [-0.05, 0) is 36.6 Å². The van der Waals surface area contributed by atoms with E-state index >= 15 is 0 Å². The van der Waals surface area contributed by atoms with Gasteiger partial charge in [-0.15, -0.1) is 12.4 Å². The third kappa shape index (κ3) is 5.51. The molecule has 0 atom stereocenters. The summed E-state index contributed by atoms with van der Waals surface area (Å²) in [5, 5.41) is 0.839. The van der Waals surface area contributed by atoms with Crippen LogP contribution in [0.4, 0.5) is 0 Å². The van der Waals surface area contributed by atoms with Crippen LogP contribution in [0.25, 0.3) is 11.0 Å². The maximum absolute atomic E-state index is 11.4. The Morgan fingerprint density at radius 2 is 1.96 bits per heavy atom. The summed E-state index contributed by atoms with van der Waals surface area (Å²) >= 11 is 1.54. The second-order valence-electron chi connectivity index (χ2n) is 5.46. The van der Waals surface area contributed by atoms with Crippen LogP contribution in [0.3, 0.4) is 0 Å². The Morgan fingerprint density at radius 1 is 1.16 bits per heavy atom. The highest BCUT2D eigenvalue weighted by Crippen LogP contribution is 2.22. The van der Waals surface area contributed by atoms with E-state index in [4.69, 9.17) is 4.74 Å². The molecule has 0 saturated heterocycles. The number of carbonyl (C=O) groups is 1. The number of thioether (sulfide) groups is 1. The lowest BCUT2D eigenvalue weighted by molar-refractivity contribution is -0.142. The number of nitrogens with one attached hydrogen (secondary N) is 1. The number of H-pyrrole nitrogens is 1. The second kappa shape index (κ2) is 9.49. The van der Waals surface area contributed by atoms with Crippen molar-refractivity contribution in [3.05, 3.63) is 59.7 Å². The van der Waals surface area contributed by atoms with Crippen LogP contribution in [0.15, 0.2) is 53.7 Å². The predicted molar refractivity (Wildman–Crippen MR) is 105 cm³/mol. The van der Waals surface area contributed by atoms with Crippen LogP contribution >= 0.6 is 24.2 Å². The molecule has 3 aromatic rings. The summed E-state index contributed by atoms with van der Waals surface area (Å²) in [6.07, 6.45) is 1.30. The quantitative estimate of drug-likeness (QED) is 0.483. The van der Waals surface area contributed by atoms with E-state index in [1.807, 2.05) is 19.1 Å². The molecule has 3 rings (SSSR count). The van der Waals surface area contributed by atoms with Gasteiger partial charge in [0.05, 0.1) is 24.1 Å². The first kappa shape index (κ1) is 19.3. The number of ether oxygens (including phenoxy) is 1. The summed E-state index contributed by atoms with van der Waals surface area (Å²) in [6.45, 7) is 2.25. The minimum atomic E-state index is -0.161. The van der Waals surface area contributed by atoms with E-state index in [1.165, 1.54) is 11.1 Å². The van der Waals surface area contributed by atoms with Crippen LogP contribution in [-0.2, 0) is 16.0 Å². The lowest BCUT2D eigenvalue weighted by Gasteiger charge is -2.01. The number of fused-ring (bicyclic) bond motifs is 1. The highest BCUT2D eigenvalue weighted by Gasteiger charge is 2.07. The van der Waals surface area contributed by atoms with Crippen molar-refractivity contribution in [2.45, 2.75) is 24.9 Å². The van der Waals surface area contributed by atoms with Gasteiger partial charge >= 0.3 is 5.97 Å². The Balaban J connectivity index is 0.00000225. The molecule has 2 aromatic carbocycles. The summed E-state index contributed by atoms with van der Waals surface area (Å²) in [7, 11) is 0. The Bertz CT molecular complexity index is 821. The van der Waals surface area contributed by atoms with Gasteiger partial charge in [0.15, 0.2) is 5.16 Å². The van der Waals surface area contributed by atoms with Crippen molar-refractivity contribution in [2.75, 3.05) is 12.4 Å². The smallest absolute Gasteiger partial charge is 0.306 e. The molecule has 132 valence electrons. The third-order valence-electron chi connectivity index (χ3n) is 3.63. The van der Waals surface area contributed by atoms with Crippen molar-refractivity contribution in [3.63, 3.8) is 0 Å². The second-order valence-corrected chi connectivity index (χ2v) is 6.54. The fraction of sp³-hybridized carbons (Fsp3) is 0.263. The van der Waals surface area contributed by atoms with E-state index in [0.717, 1.165) is 22.6 Å². The summed E-state index contributed by atoms with van der Waals surface area (Å²) in [5.74, 6) is 0.501. The number of halogens is 1. The molecule has 4 nitrogen and oxygen atoms in total. The van der Waals surface area contributed by atoms with Gasteiger partial charge in [0, 0.05) is 5.75 Å². The first-order valence-electron chi connectivity index (χ1n) is 8.05. The first-order chi connectivity index (χ1) is 11.7. The number of carbonyl (C=O) groups excluding carboxylic acids is 1. The Hall–Kier alpha value is -1.98. The predicted octanol–water partition coefficient (Wildman–Crippen LogP) is 4.62. The minimum Gasteiger partial charge on any atom is -0.466 e. The highest BCUT2D eigenvalue weighted by molar-refractivity contribution is 7.99. The van der Waals surface area contributed by atoms with Crippen molar-refractivity contribution in [2.24, 2.45) is 0 Å². The van der Waals surface area contributed by atoms with Crippen molar-refractivity contribution in [1.82, 2.24) is 9.97 Å². The van der Waals surface area contributed by atoms with Crippen LogP contribution in [0.2, 0.25) is 0 Å². The number of aromatic nitrogens is 2. The van der Waals surface area contributed by atoms with Gasteiger partial charge in [-0.1, -0.05) is 48.2 Å². The molecule has 0 aliphatic rings. The number of hydrogen-bond donors (Lipinski definition) is 1. The van der Waals surface area contributed by atoms with E-state index in [9.17, 15) is 4.79 Å². The molecule has 0 unspecified atom stereocenters. The molecule has 0 spiro atoms. The molecule has 0 radical (unpaired) electrons. The largest absolute Gasteiger partial charge is 0.466 e. The van der Waals surface area contributed by atoms with Gasteiger partial charge in [-0.3, -0.25) is 4.79 Å². The van der Waals surface area contributed by atoms with Crippen LogP contribution in [0, 0.1) is 0 Å². The number of imidazole rings is 1. The van der Waals surface area contributed by atoms with Crippen LogP contribution in [0.1, 0.15) is 24.5 Å². The maximum atomic E-state index is 11.4.